The molecule has 1 saturated heterocycles. The predicted molar refractivity (Wildman–Crippen MR) is 126 cm³/mol. The molecule has 2 heterocycles. The highest BCUT2D eigenvalue weighted by atomic mass is 16.5. The lowest BCUT2D eigenvalue weighted by Gasteiger charge is -2.31. The van der Waals surface area contributed by atoms with E-state index in [1.807, 2.05) is 30.3 Å². The van der Waals surface area contributed by atoms with Crippen molar-refractivity contribution in [3.8, 4) is 18.1 Å². The number of nitrogens with zero attached hydrogens (tertiary/aromatic N) is 4. The molecule has 1 aliphatic heterocycles. The summed E-state index contributed by atoms with van der Waals surface area (Å²) < 4.78 is 5.51. The van der Waals surface area contributed by atoms with Crippen molar-refractivity contribution in [2.75, 3.05) is 57.5 Å². The number of piperazine rings is 1. The van der Waals surface area contributed by atoms with Crippen LogP contribution in [0.3, 0.4) is 0 Å². The molecule has 0 saturated carbocycles. The molecule has 164 valence electrons. The fourth-order valence-electron chi connectivity index (χ4n) is 3.67. The van der Waals surface area contributed by atoms with E-state index in [2.05, 4.69) is 43.4 Å². The number of fused-ring (bicyclic) bond motifs is 1. The number of methoxy groups -OCH3 is 1. The summed E-state index contributed by atoms with van der Waals surface area (Å²) >= 11 is 0. The summed E-state index contributed by atoms with van der Waals surface area (Å²) in [6, 6.07) is 11.2. The highest BCUT2D eigenvalue weighted by Gasteiger charge is 2.18. The molecule has 0 aliphatic carbocycles. The third-order valence-corrected chi connectivity index (χ3v) is 5.49. The second kappa shape index (κ2) is 9.64. The van der Waals surface area contributed by atoms with Crippen molar-refractivity contribution in [3.63, 3.8) is 0 Å². The number of terminal acetylenes is 1. The number of hydrogen-bond donors (Lipinski definition) is 2. The third kappa shape index (κ3) is 4.97. The Hall–Kier alpha value is -3.67. The van der Waals surface area contributed by atoms with Gasteiger partial charge in [-0.1, -0.05) is 12.0 Å². The number of aromatic nitrogens is 2. The van der Waals surface area contributed by atoms with E-state index in [1.165, 1.54) is 6.33 Å². The van der Waals surface area contributed by atoms with Gasteiger partial charge < -0.3 is 20.3 Å². The highest BCUT2D eigenvalue weighted by Crippen LogP contribution is 2.33. The first-order valence-electron chi connectivity index (χ1n) is 10.4. The van der Waals surface area contributed by atoms with Crippen LogP contribution in [0.4, 0.5) is 17.2 Å². The molecule has 32 heavy (non-hydrogen) atoms. The van der Waals surface area contributed by atoms with E-state index in [4.69, 9.17) is 11.2 Å². The zero-order valence-corrected chi connectivity index (χ0v) is 18.3. The van der Waals surface area contributed by atoms with Crippen molar-refractivity contribution in [2.24, 2.45) is 0 Å². The molecular formula is C24H26N6O2. The number of nitrogens with one attached hydrogen (secondary N) is 2. The van der Waals surface area contributed by atoms with Gasteiger partial charge in [-0.05, 0) is 31.3 Å². The number of hydrogen-bond acceptors (Lipinski definition) is 7. The summed E-state index contributed by atoms with van der Waals surface area (Å²) in [5.41, 5.74) is 2.86. The number of ether oxygens (including phenoxy) is 1. The van der Waals surface area contributed by atoms with Crippen LogP contribution in [0.2, 0.25) is 0 Å². The first-order valence-corrected chi connectivity index (χ1v) is 10.4. The van der Waals surface area contributed by atoms with Crippen molar-refractivity contribution in [3.05, 3.63) is 48.3 Å². The molecule has 1 aromatic heterocycles. The van der Waals surface area contributed by atoms with Crippen molar-refractivity contribution >= 4 is 34.0 Å². The third-order valence-electron chi connectivity index (χ3n) is 5.49. The predicted octanol–water partition coefficient (Wildman–Crippen LogP) is 2.55. The van der Waals surface area contributed by atoms with Gasteiger partial charge in [-0.2, -0.15) is 0 Å². The summed E-state index contributed by atoms with van der Waals surface area (Å²) in [5.74, 6) is 3.70. The average molecular weight is 431 g/mol. The largest absolute Gasteiger partial charge is 0.494 e. The van der Waals surface area contributed by atoms with Gasteiger partial charge in [-0.25, -0.2) is 9.97 Å². The van der Waals surface area contributed by atoms with Crippen molar-refractivity contribution in [2.45, 2.75) is 0 Å². The molecule has 0 atom stereocenters. The molecular weight excluding hydrogens is 404 g/mol. The molecule has 0 spiro atoms. The van der Waals surface area contributed by atoms with Crippen LogP contribution < -0.4 is 15.4 Å². The molecule has 0 unspecified atom stereocenters. The van der Waals surface area contributed by atoms with Gasteiger partial charge >= 0.3 is 0 Å². The van der Waals surface area contributed by atoms with Crippen LogP contribution >= 0.6 is 0 Å². The minimum Gasteiger partial charge on any atom is -0.494 e. The van der Waals surface area contributed by atoms with Crippen LogP contribution in [-0.2, 0) is 4.79 Å². The van der Waals surface area contributed by atoms with Crippen LogP contribution in [0.15, 0.2) is 42.7 Å². The normalized spacial score (nSPS) is 14.7. The quantitative estimate of drug-likeness (QED) is 0.582. The van der Waals surface area contributed by atoms with E-state index in [0.29, 0.717) is 29.3 Å². The standard InChI is InChI=1S/C24H26N6O2/c1-4-17-6-5-7-18(12-17)27-24-19-13-21(22(32-3)14-20(19)25-16-26-24)28-23(31)15-30-10-8-29(2)9-11-30/h1,5-7,12-14,16H,8-11,15H2,2-3H3,(H,28,31)(H,25,26,27). The summed E-state index contributed by atoms with van der Waals surface area (Å²) in [5, 5.41) is 7.05. The highest BCUT2D eigenvalue weighted by molar-refractivity contribution is 6.00. The molecule has 8 heteroatoms. The monoisotopic (exact) mass is 430 g/mol. The van der Waals surface area contributed by atoms with Gasteiger partial charge in [-0.3, -0.25) is 9.69 Å². The number of benzene rings is 2. The van der Waals surface area contributed by atoms with E-state index >= 15 is 0 Å². The summed E-state index contributed by atoms with van der Waals surface area (Å²) in [4.78, 5) is 25.9. The number of amides is 1. The fourth-order valence-corrected chi connectivity index (χ4v) is 3.67. The summed E-state index contributed by atoms with van der Waals surface area (Å²) in [6.07, 6.45) is 7.00. The van der Waals surface area contributed by atoms with E-state index < -0.39 is 0 Å². The Labute approximate surface area is 187 Å². The summed E-state index contributed by atoms with van der Waals surface area (Å²) in [7, 11) is 3.66. The topological polar surface area (TPSA) is 82.6 Å². The van der Waals surface area contributed by atoms with Crippen LogP contribution in [-0.4, -0.2) is 72.6 Å². The van der Waals surface area contributed by atoms with E-state index in [9.17, 15) is 4.79 Å². The Morgan fingerprint density at radius 1 is 1.19 bits per heavy atom. The van der Waals surface area contributed by atoms with Crippen LogP contribution in [0.5, 0.6) is 5.75 Å². The molecule has 1 fully saturated rings. The molecule has 4 rings (SSSR count). The number of carbonyl (C=O) groups is 1. The number of rotatable bonds is 6. The Balaban J connectivity index is 1.59. The maximum Gasteiger partial charge on any atom is 0.238 e. The Kier molecular flexibility index (Phi) is 6.50. The zero-order valence-electron chi connectivity index (χ0n) is 18.3. The smallest absolute Gasteiger partial charge is 0.238 e. The fraction of sp³-hybridized carbons (Fsp3) is 0.292. The SMILES string of the molecule is C#Cc1cccc(Nc2ncnc3cc(OC)c(NC(=O)CN4CCN(C)CC4)cc23)c1. The molecule has 0 radical (unpaired) electrons. The minimum atomic E-state index is -0.0831. The lowest BCUT2D eigenvalue weighted by atomic mass is 10.1. The van der Waals surface area contributed by atoms with Gasteiger partial charge in [0.25, 0.3) is 0 Å². The first kappa shape index (κ1) is 21.6. The Bertz CT molecular complexity index is 1160. The van der Waals surface area contributed by atoms with E-state index in [1.54, 1.807) is 13.2 Å². The molecule has 3 aromatic rings. The van der Waals surface area contributed by atoms with Crippen LogP contribution in [0.1, 0.15) is 5.56 Å². The van der Waals surface area contributed by atoms with Crippen molar-refractivity contribution < 1.29 is 9.53 Å². The van der Waals surface area contributed by atoms with Crippen LogP contribution in [0.25, 0.3) is 10.9 Å². The van der Waals surface area contributed by atoms with Gasteiger partial charge in [0.1, 0.15) is 17.9 Å². The van der Waals surface area contributed by atoms with E-state index in [0.717, 1.165) is 42.8 Å². The van der Waals surface area contributed by atoms with E-state index in [-0.39, 0.29) is 5.91 Å². The van der Waals surface area contributed by atoms with Gasteiger partial charge in [0.2, 0.25) is 5.91 Å². The van der Waals surface area contributed by atoms with Gasteiger partial charge in [-0.15, -0.1) is 6.42 Å². The first-order chi connectivity index (χ1) is 15.6. The van der Waals surface area contributed by atoms with Gasteiger partial charge in [0, 0.05) is 48.9 Å². The number of likely N-dealkylation sites (N-methyl/N-ethyl adjacent to an activating group) is 1. The lowest BCUT2D eigenvalue weighted by molar-refractivity contribution is -0.117. The molecule has 1 amide bonds. The Morgan fingerprint density at radius 2 is 2.00 bits per heavy atom. The Morgan fingerprint density at radius 3 is 2.75 bits per heavy atom. The second-order valence-electron chi connectivity index (χ2n) is 7.77. The van der Waals surface area contributed by atoms with Gasteiger partial charge in [0.15, 0.2) is 0 Å². The number of anilines is 3. The molecule has 8 nitrogen and oxygen atoms in total. The molecule has 0 bridgehead atoms. The second-order valence-corrected chi connectivity index (χ2v) is 7.77. The van der Waals surface area contributed by atoms with Crippen LogP contribution in [0, 0.1) is 12.3 Å². The summed E-state index contributed by atoms with van der Waals surface area (Å²) in [6.45, 7) is 4.00. The molecule has 2 aromatic carbocycles. The molecule has 1 aliphatic rings. The van der Waals surface area contributed by atoms with Gasteiger partial charge in [0.05, 0.1) is 24.9 Å². The minimum absolute atomic E-state index is 0.0831. The maximum absolute atomic E-state index is 12.7. The lowest BCUT2D eigenvalue weighted by Crippen LogP contribution is -2.47. The number of carbonyl (C=O) groups excluding carboxylic acids is 1. The molecule has 2 N–H and O–H groups in total. The van der Waals surface area contributed by atoms with Crippen molar-refractivity contribution in [1.82, 2.24) is 19.8 Å². The maximum atomic E-state index is 12.7. The average Bonchev–Trinajstić information content (AvgIpc) is 2.80. The zero-order chi connectivity index (χ0) is 22.5. The van der Waals surface area contributed by atoms with Crippen molar-refractivity contribution in [1.29, 1.82) is 0 Å².